The maximum Gasteiger partial charge on any atom is 0.326 e. The highest BCUT2D eigenvalue weighted by molar-refractivity contribution is 6.06. The zero-order valence-corrected chi connectivity index (χ0v) is 11.8. The number of aliphatic carboxylic acids is 1. The number of fused-ring (bicyclic) bond motifs is 1. The fourth-order valence-corrected chi connectivity index (χ4v) is 2.90. The molecule has 0 saturated carbocycles. The molecular weight excluding hydrogens is 287 g/mol. The van der Waals surface area contributed by atoms with E-state index in [-0.39, 0.29) is 5.56 Å². The van der Waals surface area contributed by atoms with Gasteiger partial charge in [-0.3, -0.25) is 9.78 Å². The molecule has 0 spiro atoms. The third-order valence-corrected chi connectivity index (χ3v) is 3.95. The lowest BCUT2D eigenvalue weighted by Crippen LogP contribution is -2.48. The van der Waals surface area contributed by atoms with Gasteiger partial charge in [0.25, 0.3) is 5.91 Å². The molecule has 1 aliphatic heterocycles. The summed E-state index contributed by atoms with van der Waals surface area (Å²) in [6.07, 6.45) is 3.46. The maximum atomic E-state index is 13.8. The molecule has 1 saturated heterocycles. The van der Waals surface area contributed by atoms with Crippen LogP contribution < -0.4 is 0 Å². The van der Waals surface area contributed by atoms with Crippen LogP contribution in [0.4, 0.5) is 4.39 Å². The number of nitrogens with zero attached hydrogens (tertiary/aromatic N) is 2. The molecule has 0 radical (unpaired) electrons. The molecule has 1 atom stereocenters. The molecule has 0 bridgehead atoms. The number of likely N-dealkylation sites (tertiary alicyclic amines) is 1. The number of amides is 1. The Morgan fingerprint density at radius 2 is 2.14 bits per heavy atom. The molecule has 1 unspecified atom stereocenters. The summed E-state index contributed by atoms with van der Waals surface area (Å²) in [6, 6.07) is 4.92. The van der Waals surface area contributed by atoms with E-state index in [0.717, 1.165) is 18.9 Å². The molecule has 1 aliphatic rings. The van der Waals surface area contributed by atoms with E-state index in [1.807, 2.05) is 0 Å². The summed E-state index contributed by atoms with van der Waals surface area (Å²) >= 11 is 0. The Bertz CT molecular complexity index is 747. The van der Waals surface area contributed by atoms with Crippen LogP contribution in [0, 0.1) is 5.82 Å². The van der Waals surface area contributed by atoms with Crippen molar-refractivity contribution in [3.8, 4) is 0 Å². The van der Waals surface area contributed by atoms with Crippen molar-refractivity contribution in [2.75, 3.05) is 6.54 Å². The zero-order chi connectivity index (χ0) is 15.7. The predicted molar refractivity (Wildman–Crippen MR) is 78.0 cm³/mol. The van der Waals surface area contributed by atoms with Gasteiger partial charge in [-0.05, 0) is 37.5 Å². The van der Waals surface area contributed by atoms with Crippen LogP contribution in [0.25, 0.3) is 10.9 Å². The largest absolute Gasteiger partial charge is 0.480 e. The first-order valence-corrected chi connectivity index (χ1v) is 7.16. The topological polar surface area (TPSA) is 70.5 Å². The van der Waals surface area contributed by atoms with Crippen molar-refractivity contribution in [3.05, 3.63) is 41.8 Å². The quantitative estimate of drug-likeness (QED) is 0.925. The van der Waals surface area contributed by atoms with Gasteiger partial charge in [0.05, 0.1) is 11.1 Å². The molecule has 2 heterocycles. The van der Waals surface area contributed by atoms with E-state index in [1.165, 1.54) is 17.2 Å². The number of carboxylic acid groups (broad SMARTS) is 1. The Labute approximate surface area is 126 Å². The summed E-state index contributed by atoms with van der Waals surface area (Å²) in [5, 5.41) is 9.81. The predicted octanol–water partition coefficient (Wildman–Crippen LogP) is 2.45. The number of carbonyl (C=O) groups excluding carboxylic acids is 1. The van der Waals surface area contributed by atoms with Crippen molar-refractivity contribution >= 4 is 22.8 Å². The van der Waals surface area contributed by atoms with Gasteiger partial charge in [0, 0.05) is 18.1 Å². The number of hydrogen-bond acceptors (Lipinski definition) is 3. The van der Waals surface area contributed by atoms with E-state index in [1.54, 1.807) is 12.1 Å². The highest BCUT2D eigenvalue weighted by Gasteiger charge is 2.33. The minimum Gasteiger partial charge on any atom is -0.480 e. The summed E-state index contributed by atoms with van der Waals surface area (Å²) < 4.78 is 13.8. The molecule has 1 aromatic carbocycles. The number of aromatic nitrogens is 1. The number of halogens is 1. The Morgan fingerprint density at radius 1 is 1.32 bits per heavy atom. The fourth-order valence-electron chi connectivity index (χ4n) is 2.90. The van der Waals surface area contributed by atoms with Crippen molar-refractivity contribution in [2.24, 2.45) is 0 Å². The lowest BCUT2D eigenvalue weighted by Gasteiger charge is -2.33. The first-order valence-electron chi connectivity index (χ1n) is 7.16. The maximum absolute atomic E-state index is 13.8. The average molecular weight is 302 g/mol. The van der Waals surface area contributed by atoms with Crippen molar-refractivity contribution in [1.29, 1.82) is 0 Å². The van der Waals surface area contributed by atoms with Gasteiger partial charge in [0.2, 0.25) is 0 Å². The summed E-state index contributed by atoms with van der Waals surface area (Å²) in [7, 11) is 0. The SMILES string of the molecule is O=C(O)C1CCCCN1C(=O)c1cc(F)cc2cccnc12. The highest BCUT2D eigenvalue weighted by atomic mass is 19.1. The van der Waals surface area contributed by atoms with E-state index in [2.05, 4.69) is 4.98 Å². The van der Waals surface area contributed by atoms with Gasteiger partial charge in [-0.15, -0.1) is 0 Å². The Balaban J connectivity index is 2.06. The summed E-state index contributed by atoms with van der Waals surface area (Å²) in [6.45, 7) is 0.362. The first-order chi connectivity index (χ1) is 10.6. The standard InChI is InChI=1S/C16H15FN2O3/c17-11-8-10-4-3-6-18-14(10)12(9-11)15(20)19-7-2-1-5-13(19)16(21)22/h3-4,6,8-9,13H,1-2,5,7H2,(H,21,22). The van der Waals surface area contributed by atoms with Gasteiger partial charge in [-0.2, -0.15) is 0 Å². The number of carboxylic acids is 1. The number of carbonyl (C=O) groups is 2. The third kappa shape index (κ3) is 2.52. The Hall–Kier alpha value is -2.50. The summed E-state index contributed by atoms with van der Waals surface area (Å²) in [5.74, 6) is -2.04. The van der Waals surface area contributed by atoms with Gasteiger partial charge in [0.15, 0.2) is 0 Å². The molecule has 22 heavy (non-hydrogen) atoms. The number of rotatable bonds is 2. The second kappa shape index (κ2) is 5.71. The molecule has 1 fully saturated rings. The van der Waals surface area contributed by atoms with Crippen LogP contribution in [-0.2, 0) is 4.79 Å². The first kappa shape index (κ1) is 14.4. The number of pyridine rings is 1. The minimum atomic E-state index is -1.03. The molecule has 0 aliphatic carbocycles. The summed E-state index contributed by atoms with van der Waals surface area (Å²) in [5.41, 5.74) is 0.507. The molecule has 6 heteroatoms. The molecule has 5 nitrogen and oxygen atoms in total. The second-order valence-electron chi connectivity index (χ2n) is 5.38. The zero-order valence-electron chi connectivity index (χ0n) is 11.8. The fraction of sp³-hybridized carbons (Fsp3) is 0.312. The van der Waals surface area contributed by atoms with E-state index in [4.69, 9.17) is 0 Å². The number of benzene rings is 1. The highest BCUT2D eigenvalue weighted by Crippen LogP contribution is 2.24. The van der Waals surface area contributed by atoms with Crippen LogP contribution in [0.2, 0.25) is 0 Å². The lowest BCUT2D eigenvalue weighted by atomic mass is 10.00. The van der Waals surface area contributed by atoms with Crippen LogP contribution >= 0.6 is 0 Å². The molecule has 1 aromatic heterocycles. The van der Waals surface area contributed by atoms with Gasteiger partial charge in [0.1, 0.15) is 11.9 Å². The van der Waals surface area contributed by atoms with Crippen molar-refractivity contribution < 1.29 is 19.1 Å². The number of hydrogen-bond donors (Lipinski definition) is 1. The monoisotopic (exact) mass is 302 g/mol. The van der Waals surface area contributed by atoms with Gasteiger partial charge in [-0.25, -0.2) is 9.18 Å². The Morgan fingerprint density at radius 3 is 2.91 bits per heavy atom. The Kier molecular flexibility index (Phi) is 3.75. The van der Waals surface area contributed by atoms with E-state index in [0.29, 0.717) is 23.9 Å². The molecule has 3 rings (SSSR count). The molecule has 1 N–H and O–H groups in total. The van der Waals surface area contributed by atoms with E-state index < -0.39 is 23.7 Å². The van der Waals surface area contributed by atoms with Crippen LogP contribution in [-0.4, -0.2) is 39.5 Å². The third-order valence-electron chi connectivity index (χ3n) is 3.95. The van der Waals surface area contributed by atoms with Gasteiger partial charge >= 0.3 is 5.97 Å². The normalized spacial score (nSPS) is 18.4. The summed E-state index contributed by atoms with van der Waals surface area (Å²) in [4.78, 5) is 29.5. The lowest BCUT2D eigenvalue weighted by molar-refractivity contribution is -0.143. The van der Waals surface area contributed by atoms with E-state index >= 15 is 0 Å². The van der Waals surface area contributed by atoms with Crippen LogP contribution in [0.1, 0.15) is 29.6 Å². The van der Waals surface area contributed by atoms with Gasteiger partial charge in [-0.1, -0.05) is 6.07 Å². The average Bonchev–Trinajstić information content (AvgIpc) is 2.53. The van der Waals surface area contributed by atoms with Crippen molar-refractivity contribution in [1.82, 2.24) is 9.88 Å². The molecular formula is C16H15FN2O3. The van der Waals surface area contributed by atoms with Crippen molar-refractivity contribution in [2.45, 2.75) is 25.3 Å². The molecule has 1 amide bonds. The van der Waals surface area contributed by atoms with Crippen LogP contribution in [0.5, 0.6) is 0 Å². The number of piperidine rings is 1. The van der Waals surface area contributed by atoms with Crippen LogP contribution in [0.15, 0.2) is 30.5 Å². The second-order valence-corrected chi connectivity index (χ2v) is 5.38. The minimum absolute atomic E-state index is 0.115. The van der Waals surface area contributed by atoms with E-state index in [9.17, 15) is 19.1 Å². The van der Waals surface area contributed by atoms with Crippen molar-refractivity contribution in [3.63, 3.8) is 0 Å². The molecule has 114 valence electrons. The van der Waals surface area contributed by atoms with Crippen LogP contribution in [0.3, 0.4) is 0 Å². The molecule has 2 aromatic rings. The van der Waals surface area contributed by atoms with Gasteiger partial charge < -0.3 is 10.0 Å². The smallest absolute Gasteiger partial charge is 0.326 e.